The van der Waals surface area contributed by atoms with E-state index in [1.165, 1.54) is 18.2 Å². The van der Waals surface area contributed by atoms with Gasteiger partial charge in [-0.25, -0.2) is 4.79 Å². The fraction of sp³-hybridized carbons (Fsp3) is 0. The van der Waals surface area contributed by atoms with Crippen LogP contribution in [0.5, 0.6) is 0 Å². The van der Waals surface area contributed by atoms with Gasteiger partial charge in [0.2, 0.25) is 0 Å². The molecule has 2 aromatic rings. The molecule has 0 saturated heterocycles. The fourth-order valence-electron chi connectivity index (χ4n) is 1.82. The number of carbonyl (C=O) groups is 2. The molecule has 0 saturated carbocycles. The molecule has 20 heavy (non-hydrogen) atoms. The zero-order chi connectivity index (χ0) is 14.0. The summed E-state index contributed by atoms with van der Waals surface area (Å²) in [5.41, 5.74) is 0.216. The van der Waals surface area contributed by atoms with E-state index in [1.54, 1.807) is 24.3 Å². The van der Waals surface area contributed by atoms with Crippen LogP contribution in [0.15, 0.2) is 42.5 Å². The van der Waals surface area contributed by atoms with Crippen LogP contribution in [0, 0.1) is 0 Å². The van der Waals surface area contributed by atoms with Gasteiger partial charge in [-0.2, -0.15) is 0 Å². The maximum atomic E-state index is 11.2. The first-order chi connectivity index (χ1) is 9.00. The Kier molecular flexibility index (Phi) is 5.77. The van der Waals surface area contributed by atoms with E-state index in [0.29, 0.717) is 10.6 Å². The number of benzene rings is 2. The summed E-state index contributed by atoms with van der Waals surface area (Å²) in [6.45, 7) is 0. The first-order valence-corrected chi connectivity index (χ1v) is 5.72. The normalized spacial score (nSPS) is 9.65. The molecule has 4 nitrogen and oxygen atoms in total. The van der Waals surface area contributed by atoms with E-state index in [4.69, 9.17) is 16.7 Å². The molecule has 0 heterocycles. The average molecular weight is 299 g/mol. The second-order valence-electron chi connectivity index (χ2n) is 3.83. The van der Waals surface area contributed by atoms with Gasteiger partial charge in [0, 0.05) is 10.6 Å². The number of rotatable bonds is 3. The number of hydrogen-bond acceptors (Lipinski definition) is 3. The van der Waals surface area contributed by atoms with Crippen LogP contribution in [0.4, 0.5) is 0 Å². The summed E-state index contributed by atoms with van der Waals surface area (Å²) in [7, 11) is 0. The van der Waals surface area contributed by atoms with E-state index in [9.17, 15) is 14.7 Å². The number of carboxylic acids is 2. The van der Waals surface area contributed by atoms with Crippen molar-refractivity contribution < 1.29 is 49.4 Å². The zero-order valence-corrected chi connectivity index (χ0v) is 13.3. The molecular formula is C14H8ClNaO4. The minimum Gasteiger partial charge on any atom is -0.545 e. The Hall–Kier alpha value is -1.33. The van der Waals surface area contributed by atoms with E-state index < -0.39 is 11.9 Å². The molecule has 2 rings (SSSR count). The molecule has 1 N–H and O–H groups in total. The molecule has 0 atom stereocenters. The van der Waals surface area contributed by atoms with Gasteiger partial charge in [-0.15, -0.1) is 0 Å². The van der Waals surface area contributed by atoms with Gasteiger partial charge < -0.3 is 15.0 Å². The standard InChI is InChI=1S/C14H9ClO4.Na/c15-9-6-4-8(5-7-9)10-2-1-3-11(13(16)17)12(10)14(18)19;/h1-7H,(H,16,17)(H,18,19);/q;+1/p-1. The molecule has 0 radical (unpaired) electrons. The number of carbonyl (C=O) groups excluding carboxylic acids is 1. The van der Waals surface area contributed by atoms with Crippen LogP contribution in [0.2, 0.25) is 5.02 Å². The summed E-state index contributed by atoms with van der Waals surface area (Å²) in [6, 6.07) is 10.7. The zero-order valence-electron chi connectivity index (χ0n) is 10.6. The van der Waals surface area contributed by atoms with Crippen LogP contribution in [0.1, 0.15) is 20.7 Å². The SMILES string of the molecule is O=C(O)c1cccc(-c2ccc(Cl)cc2)c1C(=O)[O-].[Na+]. The Morgan fingerprint density at radius 3 is 2.15 bits per heavy atom. The maximum absolute atomic E-state index is 11.2. The van der Waals surface area contributed by atoms with Crippen LogP contribution in [-0.2, 0) is 0 Å². The topological polar surface area (TPSA) is 77.4 Å². The smallest absolute Gasteiger partial charge is 0.545 e. The number of aromatic carboxylic acids is 2. The van der Waals surface area contributed by atoms with Crippen molar-refractivity contribution in [2.75, 3.05) is 0 Å². The molecule has 0 spiro atoms. The second kappa shape index (κ2) is 6.90. The van der Waals surface area contributed by atoms with Gasteiger partial charge in [0.1, 0.15) is 0 Å². The van der Waals surface area contributed by atoms with Gasteiger partial charge in [0.15, 0.2) is 0 Å². The van der Waals surface area contributed by atoms with E-state index in [0.717, 1.165) is 0 Å². The molecule has 6 heteroatoms. The van der Waals surface area contributed by atoms with Gasteiger partial charge in [-0.05, 0) is 29.3 Å². The first-order valence-electron chi connectivity index (χ1n) is 5.34. The van der Waals surface area contributed by atoms with Gasteiger partial charge in [0.25, 0.3) is 0 Å². The van der Waals surface area contributed by atoms with Crippen molar-refractivity contribution in [2.24, 2.45) is 0 Å². The maximum Gasteiger partial charge on any atom is 1.00 e. The third-order valence-electron chi connectivity index (χ3n) is 2.65. The third-order valence-corrected chi connectivity index (χ3v) is 2.91. The quantitative estimate of drug-likeness (QED) is 0.743. The predicted octanol–water partition coefficient (Wildman–Crippen LogP) is -0.927. The van der Waals surface area contributed by atoms with Crippen LogP contribution in [0.25, 0.3) is 11.1 Å². The van der Waals surface area contributed by atoms with Crippen LogP contribution in [-0.4, -0.2) is 17.0 Å². The molecule has 0 aliphatic carbocycles. The van der Waals surface area contributed by atoms with Gasteiger partial charge in [0.05, 0.1) is 11.5 Å². The molecule has 0 bridgehead atoms. The number of hydrogen-bond donors (Lipinski definition) is 1. The molecule has 2 aromatic carbocycles. The molecule has 0 fully saturated rings. The van der Waals surface area contributed by atoms with E-state index in [2.05, 4.69) is 0 Å². The van der Waals surface area contributed by atoms with Crippen molar-refractivity contribution in [1.82, 2.24) is 0 Å². The van der Waals surface area contributed by atoms with Gasteiger partial charge >= 0.3 is 35.5 Å². The van der Waals surface area contributed by atoms with Crippen molar-refractivity contribution in [3.05, 3.63) is 58.6 Å². The second-order valence-corrected chi connectivity index (χ2v) is 4.26. The Morgan fingerprint density at radius 2 is 1.65 bits per heavy atom. The predicted molar refractivity (Wildman–Crippen MR) is 68.2 cm³/mol. The molecule has 0 aromatic heterocycles. The Morgan fingerprint density at radius 1 is 1.05 bits per heavy atom. The Labute approximate surface area is 142 Å². The molecule has 0 aliphatic rings. The minimum absolute atomic E-state index is 0. The molecule has 0 aliphatic heterocycles. The van der Waals surface area contributed by atoms with Crippen LogP contribution >= 0.6 is 11.6 Å². The van der Waals surface area contributed by atoms with Gasteiger partial charge in [-0.3, -0.25) is 0 Å². The molecule has 0 unspecified atom stereocenters. The van der Waals surface area contributed by atoms with Crippen LogP contribution in [0.3, 0.4) is 0 Å². The fourth-order valence-corrected chi connectivity index (χ4v) is 1.95. The summed E-state index contributed by atoms with van der Waals surface area (Å²) in [4.78, 5) is 22.2. The van der Waals surface area contributed by atoms with Crippen molar-refractivity contribution in [3.8, 4) is 11.1 Å². The largest absolute Gasteiger partial charge is 1.00 e. The van der Waals surface area contributed by atoms with E-state index in [1.807, 2.05) is 0 Å². The van der Waals surface area contributed by atoms with Crippen molar-refractivity contribution in [3.63, 3.8) is 0 Å². The Balaban J connectivity index is 0.00000200. The molecule has 96 valence electrons. The summed E-state index contributed by atoms with van der Waals surface area (Å²) >= 11 is 5.76. The van der Waals surface area contributed by atoms with Gasteiger partial charge in [-0.1, -0.05) is 35.9 Å². The van der Waals surface area contributed by atoms with E-state index >= 15 is 0 Å². The minimum atomic E-state index is -1.53. The summed E-state index contributed by atoms with van der Waals surface area (Å²) < 4.78 is 0. The van der Waals surface area contributed by atoms with Crippen molar-refractivity contribution in [2.45, 2.75) is 0 Å². The number of carboxylic acid groups (broad SMARTS) is 2. The molecule has 0 amide bonds. The first kappa shape index (κ1) is 16.7. The summed E-state index contributed by atoms with van der Waals surface area (Å²) in [5, 5.41) is 20.7. The number of halogens is 1. The van der Waals surface area contributed by atoms with Crippen molar-refractivity contribution in [1.29, 1.82) is 0 Å². The monoisotopic (exact) mass is 298 g/mol. The molecular weight excluding hydrogens is 291 g/mol. The van der Waals surface area contributed by atoms with E-state index in [-0.39, 0.29) is 46.2 Å². The Bertz CT molecular complexity index is 653. The summed E-state index contributed by atoms with van der Waals surface area (Å²) in [5.74, 6) is -2.84. The average Bonchev–Trinajstić information content (AvgIpc) is 2.38. The van der Waals surface area contributed by atoms with Crippen LogP contribution < -0.4 is 34.7 Å². The third kappa shape index (κ3) is 3.41. The summed E-state index contributed by atoms with van der Waals surface area (Å²) in [6.07, 6.45) is 0. The van der Waals surface area contributed by atoms with Crippen molar-refractivity contribution >= 4 is 23.5 Å².